The molecule has 3 N–H and O–H groups in total. The highest BCUT2D eigenvalue weighted by Gasteiger charge is 2.09. The van der Waals surface area contributed by atoms with Gasteiger partial charge >= 0.3 is 0 Å². The van der Waals surface area contributed by atoms with Crippen molar-refractivity contribution in [3.63, 3.8) is 0 Å². The molecule has 0 saturated heterocycles. The molecule has 0 aliphatic heterocycles. The van der Waals surface area contributed by atoms with Crippen LogP contribution < -0.4 is 15.8 Å². The van der Waals surface area contributed by atoms with E-state index in [1.165, 1.54) is 6.07 Å². The summed E-state index contributed by atoms with van der Waals surface area (Å²) in [5, 5.41) is 6.93. The second-order valence-corrected chi connectivity index (χ2v) is 4.09. The van der Waals surface area contributed by atoms with Crippen LogP contribution in [0.15, 0.2) is 22.7 Å². The number of hydrogen-bond donors (Lipinski definition) is 2. The fraction of sp³-hybridized carbons (Fsp3) is 0.308. The zero-order valence-corrected chi connectivity index (χ0v) is 10.9. The lowest BCUT2D eigenvalue weighted by atomic mass is 10.2. The van der Waals surface area contributed by atoms with Crippen LogP contribution in [0.25, 0.3) is 0 Å². The van der Waals surface area contributed by atoms with Crippen LogP contribution >= 0.6 is 0 Å². The van der Waals surface area contributed by atoms with E-state index < -0.39 is 5.82 Å². The summed E-state index contributed by atoms with van der Waals surface area (Å²) in [6.45, 7) is 4.44. The summed E-state index contributed by atoms with van der Waals surface area (Å²) >= 11 is 0. The first-order chi connectivity index (χ1) is 9.10. The molecular weight excluding hydrogens is 249 g/mol. The Kier molecular flexibility index (Phi) is 3.89. The van der Waals surface area contributed by atoms with Gasteiger partial charge in [-0.25, -0.2) is 4.39 Å². The Morgan fingerprint density at radius 2 is 2.21 bits per heavy atom. The summed E-state index contributed by atoms with van der Waals surface area (Å²) in [6.07, 6.45) is 0. The molecule has 1 aromatic heterocycles. The smallest absolute Gasteiger partial charge is 0.167 e. The van der Waals surface area contributed by atoms with Gasteiger partial charge in [-0.15, -0.1) is 0 Å². The molecule has 0 fully saturated rings. The minimum Gasteiger partial charge on any atom is -0.491 e. The van der Waals surface area contributed by atoms with Gasteiger partial charge in [-0.3, -0.25) is 0 Å². The van der Waals surface area contributed by atoms with E-state index >= 15 is 0 Å². The summed E-state index contributed by atoms with van der Waals surface area (Å²) in [7, 11) is 0. The number of nitrogen functional groups attached to an aromatic ring is 1. The van der Waals surface area contributed by atoms with Gasteiger partial charge in [0.1, 0.15) is 11.5 Å². The van der Waals surface area contributed by atoms with Gasteiger partial charge in [0.15, 0.2) is 11.6 Å². The van der Waals surface area contributed by atoms with E-state index in [1.807, 2.05) is 13.0 Å². The molecule has 0 radical (unpaired) electrons. The zero-order valence-electron chi connectivity index (χ0n) is 10.9. The summed E-state index contributed by atoms with van der Waals surface area (Å²) in [6, 6.07) is 4.60. The predicted octanol–water partition coefficient (Wildman–Crippen LogP) is 2.72. The third-order valence-electron chi connectivity index (χ3n) is 2.54. The predicted molar refractivity (Wildman–Crippen MR) is 70.5 cm³/mol. The SMILES string of the molecule is CCOc1cc(NCc2cc(C)on2)c(N)cc1F. The number of anilines is 2. The fourth-order valence-corrected chi connectivity index (χ4v) is 1.68. The van der Waals surface area contributed by atoms with E-state index in [0.717, 1.165) is 11.5 Å². The number of nitrogens with two attached hydrogens (primary N) is 1. The zero-order chi connectivity index (χ0) is 13.8. The van der Waals surface area contributed by atoms with Gasteiger partial charge in [0.05, 0.1) is 24.5 Å². The summed E-state index contributed by atoms with van der Waals surface area (Å²) in [4.78, 5) is 0. The van der Waals surface area contributed by atoms with Crippen molar-refractivity contribution in [1.29, 1.82) is 0 Å². The first-order valence-corrected chi connectivity index (χ1v) is 5.98. The minimum absolute atomic E-state index is 0.176. The standard InChI is InChI=1S/C13H16FN3O2/c1-3-18-13-6-12(11(15)5-10(13)14)16-7-9-4-8(2)19-17-9/h4-6,16H,3,7,15H2,1-2H3. The highest BCUT2D eigenvalue weighted by molar-refractivity contribution is 5.68. The molecule has 0 bridgehead atoms. The van der Waals surface area contributed by atoms with E-state index in [1.54, 1.807) is 13.0 Å². The van der Waals surface area contributed by atoms with Gasteiger partial charge in [0.2, 0.25) is 0 Å². The number of rotatable bonds is 5. The highest BCUT2D eigenvalue weighted by Crippen LogP contribution is 2.28. The largest absolute Gasteiger partial charge is 0.491 e. The maximum absolute atomic E-state index is 13.5. The van der Waals surface area contributed by atoms with E-state index in [9.17, 15) is 4.39 Å². The van der Waals surface area contributed by atoms with Gasteiger partial charge in [-0.05, 0) is 13.8 Å². The molecule has 2 rings (SSSR count). The van der Waals surface area contributed by atoms with Crippen molar-refractivity contribution in [2.45, 2.75) is 20.4 Å². The topological polar surface area (TPSA) is 73.3 Å². The maximum atomic E-state index is 13.5. The molecule has 0 aliphatic rings. The fourth-order valence-electron chi connectivity index (χ4n) is 1.68. The molecule has 102 valence electrons. The van der Waals surface area contributed by atoms with Crippen molar-refractivity contribution >= 4 is 11.4 Å². The molecule has 0 spiro atoms. The Balaban J connectivity index is 2.13. The van der Waals surface area contributed by atoms with Crippen molar-refractivity contribution in [3.05, 3.63) is 35.5 Å². The Morgan fingerprint density at radius 3 is 2.84 bits per heavy atom. The lowest BCUT2D eigenvalue weighted by molar-refractivity contribution is 0.322. The van der Waals surface area contributed by atoms with E-state index in [4.69, 9.17) is 15.0 Å². The quantitative estimate of drug-likeness (QED) is 0.813. The molecular formula is C13H16FN3O2. The lowest BCUT2D eigenvalue weighted by Gasteiger charge is -2.11. The Hall–Kier alpha value is -2.24. The van der Waals surface area contributed by atoms with Crippen LogP contribution in [-0.2, 0) is 6.54 Å². The molecule has 2 aromatic rings. The van der Waals surface area contributed by atoms with Crippen LogP contribution in [0, 0.1) is 12.7 Å². The second-order valence-electron chi connectivity index (χ2n) is 4.09. The van der Waals surface area contributed by atoms with Gasteiger partial charge in [-0.2, -0.15) is 0 Å². The first kappa shape index (κ1) is 13.2. The number of aryl methyl sites for hydroxylation is 1. The number of halogens is 1. The monoisotopic (exact) mass is 265 g/mol. The molecule has 1 heterocycles. The molecule has 19 heavy (non-hydrogen) atoms. The average molecular weight is 265 g/mol. The number of ether oxygens (including phenoxy) is 1. The van der Waals surface area contributed by atoms with Crippen LogP contribution in [0.4, 0.5) is 15.8 Å². The highest BCUT2D eigenvalue weighted by atomic mass is 19.1. The van der Waals surface area contributed by atoms with Crippen LogP contribution in [-0.4, -0.2) is 11.8 Å². The van der Waals surface area contributed by atoms with E-state index in [2.05, 4.69) is 10.5 Å². The van der Waals surface area contributed by atoms with Crippen molar-refractivity contribution < 1.29 is 13.7 Å². The van der Waals surface area contributed by atoms with Crippen LogP contribution in [0.3, 0.4) is 0 Å². The minimum atomic E-state index is -0.470. The summed E-state index contributed by atoms with van der Waals surface area (Å²) in [5.74, 6) is 0.441. The van der Waals surface area contributed by atoms with Crippen molar-refractivity contribution in [2.24, 2.45) is 0 Å². The summed E-state index contributed by atoms with van der Waals surface area (Å²) < 4.78 is 23.7. The number of nitrogens with zero attached hydrogens (tertiary/aromatic N) is 1. The molecule has 0 amide bonds. The number of hydrogen-bond acceptors (Lipinski definition) is 5. The molecule has 0 aliphatic carbocycles. The van der Waals surface area contributed by atoms with Crippen molar-refractivity contribution in [3.8, 4) is 5.75 Å². The molecule has 5 nitrogen and oxygen atoms in total. The van der Waals surface area contributed by atoms with Gasteiger partial charge < -0.3 is 20.3 Å². The van der Waals surface area contributed by atoms with Crippen LogP contribution in [0.5, 0.6) is 5.75 Å². The molecule has 0 saturated carbocycles. The normalized spacial score (nSPS) is 10.5. The Labute approximate surface area is 110 Å². The molecule has 0 unspecified atom stereocenters. The Morgan fingerprint density at radius 1 is 1.42 bits per heavy atom. The number of nitrogens with one attached hydrogen (secondary N) is 1. The third kappa shape index (κ3) is 3.15. The van der Waals surface area contributed by atoms with Crippen LogP contribution in [0.2, 0.25) is 0 Å². The van der Waals surface area contributed by atoms with E-state index in [-0.39, 0.29) is 5.75 Å². The molecule has 0 atom stereocenters. The van der Waals surface area contributed by atoms with Crippen LogP contribution in [0.1, 0.15) is 18.4 Å². The number of aromatic nitrogens is 1. The second kappa shape index (κ2) is 5.60. The maximum Gasteiger partial charge on any atom is 0.167 e. The Bertz CT molecular complexity index is 569. The first-order valence-electron chi connectivity index (χ1n) is 5.98. The third-order valence-corrected chi connectivity index (χ3v) is 2.54. The van der Waals surface area contributed by atoms with E-state index in [0.29, 0.717) is 24.5 Å². The number of benzene rings is 1. The lowest BCUT2D eigenvalue weighted by Crippen LogP contribution is -2.05. The van der Waals surface area contributed by atoms with Crippen molar-refractivity contribution in [1.82, 2.24) is 5.16 Å². The van der Waals surface area contributed by atoms with Crippen molar-refractivity contribution in [2.75, 3.05) is 17.7 Å². The molecule has 6 heteroatoms. The van der Waals surface area contributed by atoms with Gasteiger partial charge in [0.25, 0.3) is 0 Å². The summed E-state index contributed by atoms with van der Waals surface area (Å²) in [5.41, 5.74) is 7.43. The average Bonchev–Trinajstić information content (AvgIpc) is 2.77. The van der Waals surface area contributed by atoms with Gasteiger partial charge in [0, 0.05) is 18.2 Å². The van der Waals surface area contributed by atoms with Gasteiger partial charge in [-0.1, -0.05) is 5.16 Å². The molecule has 1 aromatic carbocycles.